The third-order valence-electron chi connectivity index (χ3n) is 3.34. The zero-order valence-corrected chi connectivity index (χ0v) is 10.8. The molecule has 1 aliphatic heterocycles. The molecule has 5 heteroatoms. The molecule has 0 saturated carbocycles. The Hall–Kier alpha value is -0.0951. The summed E-state index contributed by atoms with van der Waals surface area (Å²) in [6.07, 6.45) is -0.243. The van der Waals surface area contributed by atoms with Gasteiger partial charge in [0.1, 0.15) is 19.6 Å². The highest BCUT2D eigenvalue weighted by molar-refractivity contribution is 6.08. The molecular weight excluding hydrogens is 207 g/mol. The SMILES string of the molecule is [B]CO[C@]1(COC)[C@@H](OC)[C@H](C)OC1(C)C. The molecule has 1 heterocycles. The van der Waals surface area contributed by atoms with Crippen molar-refractivity contribution in [1.82, 2.24) is 0 Å². The minimum absolute atomic E-state index is 0.0540. The van der Waals surface area contributed by atoms with E-state index < -0.39 is 11.2 Å². The van der Waals surface area contributed by atoms with Gasteiger partial charge in [-0.2, -0.15) is 0 Å². The van der Waals surface area contributed by atoms with Crippen LogP contribution >= 0.6 is 0 Å². The van der Waals surface area contributed by atoms with Crippen LogP contribution in [0.25, 0.3) is 0 Å². The molecule has 1 saturated heterocycles. The zero-order valence-electron chi connectivity index (χ0n) is 10.8. The minimum Gasteiger partial charge on any atom is -0.381 e. The predicted molar refractivity (Wildman–Crippen MR) is 61.7 cm³/mol. The molecule has 16 heavy (non-hydrogen) atoms. The number of ether oxygens (including phenoxy) is 4. The average molecular weight is 228 g/mol. The van der Waals surface area contributed by atoms with E-state index in [-0.39, 0.29) is 18.7 Å². The van der Waals surface area contributed by atoms with Gasteiger partial charge in [0.2, 0.25) is 0 Å². The van der Waals surface area contributed by atoms with Gasteiger partial charge in [0, 0.05) is 20.7 Å². The van der Waals surface area contributed by atoms with Crippen molar-refractivity contribution in [2.24, 2.45) is 0 Å². The topological polar surface area (TPSA) is 36.9 Å². The van der Waals surface area contributed by atoms with Gasteiger partial charge in [-0.05, 0) is 20.8 Å². The second kappa shape index (κ2) is 5.04. The van der Waals surface area contributed by atoms with Crippen molar-refractivity contribution >= 4 is 7.85 Å². The molecule has 0 amide bonds. The fourth-order valence-electron chi connectivity index (χ4n) is 2.65. The smallest absolute Gasteiger partial charge is 0.147 e. The molecule has 0 bridgehead atoms. The maximum Gasteiger partial charge on any atom is 0.147 e. The lowest BCUT2D eigenvalue weighted by atomic mass is 9.82. The minimum atomic E-state index is -0.662. The quantitative estimate of drug-likeness (QED) is 0.650. The Morgan fingerprint density at radius 2 is 1.94 bits per heavy atom. The normalized spacial score (nSPS) is 37.8. The van der Waals surface area contributed by atoms with Crippen LogP contribution in [-0.2, 0) is 18.9 Å². The molecule has 0 aromatic heterocycles. The summed E-state index contributed by atoms with van der Waals surface area (Å²) in [7, 11) is 8.80. The van der Waals surface area contributed by atoms with Crippen LogP contribution in [-0.4, -0.2) is 58.6 Å². The van der Waals surface area contributed by atoms with Crippen molar-refractivity contribution in [1.29, 1.82) is 0 Å². The summed E-state index contributed by atoms with van der Waals surface area (Å²) in [6, 6.07) is 0. The van der Waals surface area contributed by atoms with E-state index in [9.17, 15) is 0 Å². The Bertz CT molecular complexity index is 226. The first kappa shape index (κ1) is 14.0. The Labute approximate surface area is 99.0 Å². The fraction of sp³-hybridized carbons (Fsp3) is 1.00. The van der Waals surface area contributed by atoms with Crippen LogP contribution in [0.2, 0.25) is 0 Å². The summed E-state index contributed by atoms with van der Waals surface area (Å²) in [4.78, 5) is 0. The highest BCUT2D eigenvalue weighted by Crippen LogP contribution is 2.43. The molecule has 92 valence electrons. The van der Waals surface area contributed by atoms with E-state index in [1.807, 2.05) is 20.8 Å². The molecule has 0 aromatic carbocycles. The fourth-order valence-corrected chi connectivity index (χ4v) is 2.65. The summed E-state index contributed by atoms with van der Waals surface area (Å²) in [5, 5.41) is 0. The van der Waals surface area contributed by atoms with Crippen LogP contribution in [0.15, 0.2) is 0 Å². The van der Waals surface area contributed by atoms with Gasteiger partial charge < -0.3 is 18.9 Å². The van der Waals surface area contributed by atoms with Crippen LogP contribution in [0.4, 0.5) is 0 Å². The molecule has 3 atom stereocenters. The van der Waals surface area contributed by atoms with E-state index in [2.05, 4.69) is 0 Å². The molecule has 1 fully saturated rings. The van der Waals surface area contributed by atoms with Gasteiger partial charge in [0.25, 0.3) is 0 Å². The Balaban J connectivity index is 3.07. The number of hydrogen-bond acceptors (Lipinski definition) is 4. The van der Waals surface area contributed by atoms with Gasteiger partial charge >= 0.3 is 0 Å². The third kappa shape index (κ3) is 2.01. The Morgan fingerprint density at radius 1 is 1.31 bits per heavy atom. The summed E-state index contributed by atoms with van der Waals surface area (Å²) < 4.78 is 22.4. The lowest BCUT2D eigenvalue weighted by Crippen LogP contribution is -2.59. The van der Waals surface area contributed by atoms with E-state index in [1.165, 1.54) is 0 Å². The van der Waals surface area contributed by atoms with E-state index in [4.69, 9.17) is 26.8 Å². The van der Waals surface area contributed by atoms with Crippen LogP contribution < -0.4 is 0 Å². The molecule has 0 N–H and O–H groups in total. The van der Waals surface area contributed by atoms with E-state index in [0.29, 0.717) is 6.61 Å². The average Bonchev–Trinajstić information content (AvgIpc) is 2.35. The Morgan fingerprint density at radius 3 is 2.38 bits per heavy atom. The molecule has 0 aliphatic carbocycles. The van der Waals surface area contributed by atoms with E-state index in [1.54, 1.807) is 14.2 Å². The van der Waals surface area contributed by atoms with Crippen LogP contribution in [0.1, 0.15) is 20.8 Å². The summed E-state index contributed by atoms with van der Waals surface area (Å²) in [5.74, 6) is 0. The van der Waals surface area contributed by atoms with E-state index in [0.717, 1.165) is 0 Å². The summed E-state index contributed by atoms with van der Waals surface area (Å²) in [5.41, 5.74) is -1.16. The van der Waals surface area contributed by atoms with Gasteiger partial charge in [-0.25, -0.2) is 0 Å². The molecule has 1 aliphatic rings. The van der Waals surface area contributed by atoms with Crippen molar-refractivity contribution in [3.63, 3.8) is 0 Å². The van der Waals surface area contributed by atoms with Gasteiger partial charge in [0.15, 0.2) is 0 Å². The lowest BCUT2D eigenvalue weighted by Gasteiger charge is -2.41. The lowest BCUT2D eigenvalue weighted by molar-refractivity contribution is -0.181. The molecule has 0 spiro atoms. The molecule has 2 radical (unpaired) electrons. The third-order valence-corrected chi connectivity index (χ3v) is 3.34. The highest BCUT2D eigenvalue weighted by atomic mass is 16.6. The van der Waals surface area contributed by atoms with Crippen molar-refractivity contribution in [3.8, 4) is 0 Å². The summed E-state index contributed by atoms with van der Waals surface area (Å²) >= 11 is 0. The highest BCUT2D eigenvalue weighted by Gasteiger charge is 2.61. The van der Waals surface area contributed by atoms with Crippen molar-refractivity contribution < 1.29 is 18.9 Å². The van der Waals surface area contributed by atoms with Crippen molar-refractivity contribution in [2.75, 3.05) is 27.3 Å². The monoisotopic (exact) mass is 228 g/mol. The van der Waals surface area contributed by atoms with Crippen molar-refractivity contribution in [2.45, 2.75) is 44.2 Å². The molecule has 1 rings (SSSR count). The largest absolute Gasteiger partial charge is 0.381 e. The molecule has 4 nitrogen and oxygen atoms in total. The first-order chi connectivity index (χ1) is 7.45. The molecule has 0 aromatic rings. The number of hydrogen-bond donors (Lipinski definition) is 0. The maximum atomic E-state index is 5.89. The van der Waals surface area contributed by atoms with Gasteiger partial charge in [-0.1, -0.05) is 0 Å². The van der Waals surface area contributed by atoms with Gasteiger partial charge in [-0.15, -0.1) is 0 Å². The van der Waals surface area contributed by atoms with Gasteiger partial charge in [-0.3, -0.25) is 0 Å². The Kier molecular flexibility index (Phi) is 4.40. The first-order valence-electron chi connectivity index (χ1n) is 5.48. The number of rotatable bonds is 5. The van der Waals surface area contributed by atoms with Crippen LogP contribution in [0, 0.1) is 0 Å². The maximum absolute atomic E-state index is 5.89. The standard InChI is InChI=1S/C11H21BO4/c1-8-9(14-5)11(6-13-4,15-7-12)10(2,3)16-8/h8-9H,6-7H2,1-5H3/t8-,9-,11+/m0/s1. The van der Waals surface area contributed by atoms with Crippen LogP contribution in [0.3, 0.4) is 0 Å². The molecule has 0 unspecified atom stereocenters. The second-order valence-electron chi connectivity index (χ2n) is 4.62. The van der Waals surface area contributed by atoms with Crippen LogP contribution in [0.5, 0.6) is 0 Å². The number of methoxy groups -OCH3 is 2. The summed E-state index contributed by atoms with van der Waals surface area (Å²) in [6.45, 7) is 6.41. The second-order valence-corrected chi connectivity index (χ2v) is 4.62. The van der Waals surface area contributed by atoms with Crippen molar-refractivity contribution in [3.05, 3.63) is 0 Å². The molecular formula is C11H21BO4. The van der Waals surface area contributed by atoms with Gasteiger partial charge in [0.05, 0.1) is 18.3 Å². The predicted octanol–water partition coefficient (Wildman–Crippen LogP) is 0.726. The van der Waals surface area contributed by atoms with E-state index >= 15 is 0 Å². The zero-order chi connectivity index (χ0) is 12.4. The first-order valence-corrected chi connectivity index (χ1v) is 5.48.